The lowest BCUT2D eigenvalue weighted by atomic mass is 10.2. The van der Waals surface area contributed by atoms with Crippen LogP contribution in [0.3, 0.4) is 0 Å². The fourth-order valence-electron chi connectivity index (χ4n) is 1.58. The minimum atomic E-state index is -4.48. The van der Waals surface area contributed by atoms with Crippen molar-refractivity contribution in [3.05, 3.63) is 30.1 Å². The number of benzene rings is 1. The Labute approximate surface area is 132 Å². The van der Waals surface area contributed by atoms with Crippen molar-refractivity contribution < 1.29 is 22.4 Å². The lowest BCUT2D eigenvalue weighted by molar-refractivity contribution is -0.136. The van der Waals surface area contributed by atoms with Gasteiger partial charge < -0.3 is 11.2 Å². The summed E-state index contributed by atoms with van der Waals surface area (Å²) in [6.07, 6.45) is -4.48. The van der Waals surface area contributed by atoms with E-state index in [1.165, 1.54) is 18.2 Å². The summed E-state index contributed by atoms with van der Waals surface area (Å²) in [6.45, 7) is -1.41. The largest absolute Gasteiger partial charge is 0.405 e. The quantitative estimate of drug-likeness (QED) is 0.486. The predicted octanol–water partition coefficient (Wildman–Crippen LogP) is 1.57. The van der Waals surface area contributed by atoms with Gasteiger partial charge in [-0.25, -0.2) is 9.07 Å². The maximum atomic E-state index is 13.7. The van der Waals surface area contributed by atoms with E-state index in [9.17, 15) is 22.4 Å². The molecule has 0 unspecified atom stereocenters. The Kier molecular flexibility index (Phi) is 5.08. The van der Waals surface area contributed by atoms with Gasteiger partial charge in [-0.3, -0.25) is 4.79 Å². The molecule has 3 N–H and O–H groups in total. The number of thioether (sulfide) groups is 1. The van der Waals surface area contributed by atoms with Crippen molar-refractivity contribution in [2.75, 3.05) is 18.1 Å². The van der Waals surface area contributed by atoms with Gasteiger partial charge in [0.05, 0.1) is 11.3 Å². The number of aromatic nitrogens is 3. The van der Waals surface area contributed by atoms with Gasteiger partial charge in [-0.2, -0.15) is 13.2 Å². The highest BCUT2D eigenvalue weighted by molar-refractivity contribution is 7.99. The minimum Gasteiger partial charge on any atom is -0.346 e. The van der Waals surface area contributed by atoms with Crippen LogP contribution >= 0.6 is 11.8 Å². The molecule has 6 nitrogen and oxygen atoms in total. The van der Waals surface area contributed by atoms with Crippen LogP contribution in [-0.4, -0.2) is 39.3 Å². The first-order valence-electron chi connectivity index (χ1n) is 6.19. The Hall–Kier alpha value is -2.30. The van der Waals surface area contributed by atoms with Gasteiger partial charge >= 0.3 is 6.18 Å². The van der Waals surface area contributed by atoms with Crippen LogP contribution in [-0.2, 0) is 4.79 Å². The molecule has 0 fully saturated rings. The second-order valence-corrected chi connectivity index (χ2v) is 5.28. The van der Waals surface area contributed by atoms with Crippen LogP contribution in [0.25, 0.3) is 11.4 Å². The van der Waals surface area contributed by atoms with Crippen LogP contribution in [0, 0.1) is 5.82 Å². The standard InChI is InChI=1S/C12H11F4N5OS/c13-8-4-2-1-3-7(8)10-19-20-11(21(10)17)23-5-9(22)18-6-12(14,15)16/h1-4H,5-6,17H2,(H,18,22). The van der Waals surface area contributed by atoms with Gasteiger partial charge in [0, 0.05) is 0 Å². The minimum absolute atomic E-state index is 0.0429. The van der Waals surface area contributed by atoms with Crippen LogP contribution in [0.2, 0.25) is 0 Å². The number of hydrogen-bond donors (Lipinski definition) is 2. The fraction of sp³-hybridized carbons (Fsp3) is 0.250. The topological polar surface area (TPSA) is 85.8 Å². The number of nitrogens with two attached hydrogens (primary N) is 1. The van der Waals surface area contributed by atoms with Gasteiger partial charge in [0.15, 0.2) is 5.82 Å². The number of nitrogen functional groups attached to an aromatic ring is 1. The molecule has 23 heavy (non-hydrogen) atoms. The number of nitrogens with zero attached hydrogens (tertiary/aromatic N) is 3. The Morgan fingerprint density at radius 3 is 2.65 bits per heavy atom. The molecule has 1 amide bonds. The Balaban J connectivity index is 2.01. The second kappa shape index (κ2) is 6.86. The summed E-state index contributed by atoms with van der Waals surface area (Å²) in [5.41, 5.74) is 0.121. The van der Waals surface area contributed by atoms with E-state index in [1.54, 1.807) is 11.4 Å². The molecule has 0 saturated heterocycles. The van der Waals surface area contributed by atoms with E-state index in [4.69, 9.17) is 5.84 Å². The molecule has 0 radical (unpaired) electrons. The molecule has 0 aliphatic rings. The van der Waals surface area contributed by atoms with Crippen LogP contribution < -0.4 is 11.2 Å². The van der Waals surface area contributed by atoms with E-state index in [0.29, 0.717) is 0 Å². The summed E-state index contributed by atoms with van der Waals surface area (Å²) in [6, 6.07) is 5.76. The molecule has 1 aromatic heterocycles. The van der Waals surface area contributed by atoms with Gasteiger partial charge in [0.25, 0.3) is 0 Å². The molecule has 0 spiro atoms. The molecule has 0 bridgehead atoms. The predicted molar refractivity (Wildman–Crippen MR) is 75.4 cm³/mol. The van der Waals surface area contributed by atoms with E-state index in [1.807, 2.05) is 0 Å². The number of carbonyl (C=O) groups is 1. The molecule has 2 aromatic rings. The molecular formula is C12H11F4N5OS. The summed E-state index contributed by atoms with van der Waals surface area (Å²) in [4.78, 5) is 11.3. The van der Waals surface area contributed by atoms with E-state index in [2.05, 4.69) is 10.2 Å². The molecular weight excluding hydrogens is 338 g/mol. The molecule has 11 heteroatoms. The molecule has 2 rings (SSSR count). The number of nitrogens with one attached hydrogen (secondary N) is 1. The monoisotopic (exact) mass is 349 g/mol. The van der Waals surface area contributed by atoms with Crippen molar-refractivity contribution in [1.29, 1.82) is 0 Å². The van der Waals surface area contributed by atoms with E-state index in [0.717, 1.165) is 16.4 Å². The molecule has 0 saturated carbocycles. The summed E-state index contributed by atoms with van der Waals surface area (Å²) in [5.74, 6) is 4.06. The zero-order valence-electron chi connectivity index (χ0n) is 11.5. The van der Waals surface area contributed by atoms with Gasteiger partial charge in [0.1, 0.15) is 12.4 Å². The Morgan fingerprint density at radius 1 is 1.30 bits per heavy atom. The van der Waals surface area contributed by atoms with Crippen molar-refractivity contribution in [3.63, 3.8) is 0 Å². The number of carbonyl (C=O) groups excluding carboxylic acids is 1. The lowest BCUT2D eigenvalue weighted by Crippen LogP contribution is -2.34. The Bertz CT molecular complexity index is 703. The maximum absolute atomic E-state index is 13.7. The third kappa shape index (κ3) is 4.58. The zero-order valence-corrected chi connectivity index (χ0v) is 12.3. The molecule has 1 aromatic carbocycles. The number of hydrogen-bond acceptors (Lipinski definition) is 5. The molecule has 1 heterocycles. The van der Waals surface area contributed by atoms with Gasteiger partial charge in [-0.15, -0.1) is 10.2 Å². The SMILES string of the molecule is Nn1c(SCC(=O)NCC(F)(F)F)nnc1-c1ccccc1F. The number of halogens is 4. The van der Waals surface area contributed by atoms with Crippen LogP contribution in [0.4, 0.5) is 17.6 Å². The average molecular weight is 349 g/mol. The normalized spacial score (nSPS) is 11.5. The first-order valence-corrected chi connectivity index (χ1v) is 7.18. The van der Waals surface area contributed by atoms with E-state index < -0.39 is 24.4 Å². The van der Waals surface area contributed by atoms with E-state index in [-0.39, 0.29) is 22.3 Å². The summed E-state index contributed by atoms with van der Waals surface area (Å²) in [7, 11) is 0. The molecule has 0 aliphatic carbocycles. The van der Waals surface area contributed by atoms with Crippen LogP contribution in [0.1, 0.15) is 0 Å². The average Bonchev–Trinajstić information content (AvgIpc) is 2.84. The number of amides is 1. The third-order valence-electron chi connectivity index (χ3n) is 2.60. The molecule has 124 valence electrons. The zero-order chi connectivity index (χ0) is 17.0. The highest BCUT2D eigenvalue weighted by atomic mass is 32.2. The summed E-state index contributed by atoms with van der Waals surface area (Å²) >= 11 is 0.790. The third-order valence-corrected chi connectivity index (χ3v) is 3.54. The molecule has 0 aliphatic heterocycles. The van der Waals surface area contributed by atoms with Gasteiger partial charge in [-0.1, -0.05) is 23.9 Å². The summed E-state index contributed by atoms with van der Waals surface area (Å²) < 4.78 is 50.6. The lowest BCUT2D eigenvalue weighted by Gasteiger charge is -2.08. The van der Waals surface area contributed by atoms with Gasteiger partial charge in [0.2, 0.25) is 11.1 Å². The number of alkyl halides is 3. The fourth-order valence-corrected chi connectivity index (χ4v) is 2.27. The first kappa shape index (κ1) is 17.1. The highest BCUT2D eigenvalue weighted by Crippen LogP contribution is 2.23. The highest BCUT2D eigenvalue weighted by Gasteiger charge is 2.27. The van der Waals surface area contributed by atoms with Crippen molar-refractivity contribution in [1.82, 2.24) is 20.2 Å². The van der Waals surface area contributed by atoms with Crippen molar-refractivity contribution in [2.24, 2.45) is 0 Å². The van der Waals surface area contributed by atoms with Crippen LogP contribution in [0.15, 0.2) is 29.4 Å². The second-order valence-electron chi connectivity index (χ2n) is 4.34. The number of rotatable bonds is 5. The van der Waals surface area contributed by atoms with E-state index >= 15 is 0 Å². The Morgan fingerprint density at radius 2 is 2.00 bits per heavy atom. The van der Waals surface area contributed by atoms with Crippen LogP contribution in [0.5, 0.6) is 0 Å². The smallest absolute Gasteiger partial charge is 0.346 e. The van der Waals surface area contributed by atoms with Crippen molar-refractivity contribution in [2.45, 2.75) is 11.3 Å². The maximum Gasteiger partial charge on any atom is 0.405 e. The van der Waals surface area contributed by atoms with Gasteiger partial charge in [-0.05, 0) is 12.1 Å². The molecule has 0 atom stereocenters. The summed E-state index contributed by atoms with van der Waals surface area (Å²) in [5, 5.41) is 9.21. The van der Waals surface area contributed by atoms with Crippen molar-refractivity contribution in [3.8, 4) is 11.4 Å². The van der Waals surface area contributed by atoms with Crippen molar-refractivity contribution >= 4 is 17.7 Å². The first-order chi connectivity index (χ1) is 10.8.